The van der Waals surface area contributed by atoms with Gasteiger partial charge in [-0.2, -0.15) is 0 Å². The molecule has 1 aromatic carbocycles. The lowest BCUT2D eigenvalue weighted by Crippen LogP contribution is -2.66. The largest absolute Gasteiger partial charge is 0.467 e. The Morgan fingerprint density at radius 1 is 1.26 bits per heavy atom. The maximum atomic E-state index is 13.0. The van der Waals surface area contributed by atoms with Gasteiger partial charge in [-0.25, -0.2) is 0 Å². The van der Waals surface area contributed by atoms with Gasteiger partial charge >= 0.3 is 0 Å². The number of nitrogens with zero attached hydrogens (tertiary/aromatic N) is 1. The quantitative estimate of drug-likeness (QED) is 0.710. The van der Waals surface area contributed by atoms with E-state index in [0.29, 0.717) is 17.4 Å². The second-order valence-electron chi connectivity index (χ2n) is 10.0. The number of rotatable bonds is 5. The van der Waals surface area contributed by atoms with Crippen LogP contribution in [0, 0.1) is 17.8 Å². The fourth-order valence-electron chi connectivity index (χ4n) is 6.40. The van der Waals surface area contributed by atoms with Gasteiger partial charge in [-0.3, -0.25) is 9.59 Å². The number of amides is 2. The van der Waals surface area contributed by atoms with Crippen LogP contribution in [0.1, 0.15) is 68.6 Å². The predicted octanol–water partition coefficient (Wildman–Crippen LogP) is 3.32. The molecule has 2 heterocycles. The van der Waals surface area contributed by atoms with E-state index in [-0.39, 0.29) is 29.6 Å². The van der Waals surface area contributed by atoms with Gasteiger partial charge in [-0.1, -0.05) is 18.6 Å². The number of benzene rings is 1. The molecule has 31 heavy (non-hydrogen) atoms. The summed E-state index contributed by atoms with van der Waals surface area (Å²) in [5.74, 6) is 1.29. The molecular weight excluding hydrogens is 390 g/mol. The molecule has 0 aromatic heterocycles. The van der Waals surface area contributed by atoms with Gasteiger partial charge in [-0.15, -0.1) is 0 Å². The molecule has 0 unspecified atom stereocenters. The molecule has 2 aliphatic heterocycles. The van der Waals surface area contributed by atoms with Crippen LogP contribution in [-0.4, -0.2) is 48.1 Å². The van der Waals surface area contributed by atoms with E-state index in [1.54, 1.807) is 6.07 Å². The summed E-state index contributed by atoms with van der Waals surface area (Å²) in [5.41, 5.74) is -0.0397. The Hall–Kier alpha value is -2.08. The number of fused-ring (bicyclic) bond motifs is 3. The van der Waals surface area contributed by atoms with E-state index in [1.807, 2.05) is 18.2 Å². The maximum Gasteiger partial charge on any atom is 0.258 e. The minimum Gasteiger partial charge on any atom is -0.467 e. The average molecular weight is 426 g/mol. The number of ether oxygens (including phenoxy) is 1. The standard InChI is InChI=1S/C25H35N3O3/c1-17-7-4-5-13-28(17)14-6-12-26-23(29)21-15-19-11-10-18(21)16-25(19)27-24(30)20-8-2-3-9-22(20)31-25/h2-3,8-9,17-19,21H,4-7,10-16H2,1H3,(H,26,29)(H,27,30)/t17-,18+,19-,21+,25-/m0/s1. The Morgan fingerprint density at radius 2 is 2.13 bits per heavy atom. The third kappa shape index (κ3) is 3.95. The van der Waals surface area contributed by atoms with Crippen LogP contribution < -0.4 is 15.4 Å². The third-order valence-corrected chi connectivity index (χ3v) is 8.17. The van der Waals surface area contributed by atoms with Gasteiger partial charge in [0.2, 0.25) is 5.91 Å². The first-order chi connectivity index (χ1) is 15.1. The van der Waals surface area contributed by atoms with Gasteiger partial charge in [0.25, 0.3) is 5.91 Å². The summed E-state index contributed by atoms with van der Waals surface area (Å²) in [6.45, 7) is 5.33. The topological polar surface area (TPSA) is 70.7 Å². The number of carbonyl (C=O) groups is 2. The molecule has 1 spiro atoms. The van der Waals surface area contributed by atoms with Gasteiger partial charge in [0.05, 0.1) is 5.56 Å². The fourth-order valence-corrected chi connectivity index (χ4v) is 6.40. The number of piperidine rings is 1. The van der Waals surface area contributed by atoms with Crippen molar-refractivity contribution in [3.63, 3.8) is 0 Å². The molecule has 1 aromatic rings. The first-order valence-electron chi connectivity index (χ1n) is 12.2. The number of para-hydroxylation sites is 1. The van der Waals surface area contributed by atoms with E-state index in [9.17, 15) is 9.59 Å². The van der Waals surface area contributed by atoms with Crippen molar-refractivity contribution in [1.82, 2.24) is 15.5 Å². The molecule has 2 N–H and O–H groups in total. The van der Waals surface area contributed by atoms with Crippen LogP contribution in [0.5, 0.6) is 5.75 Å². The smallest absolute Gasteiger partial charge is 0.258 e. The molecule has 5 atom stereocenters. The van der Waals surface area contributed by atoms with Crippen molar-refractivity contribution in [1.29, 1.82) is 0 Å². The maximum absolute atomic E-state index is 13.0. The summed E-state index contributed by atoms with van der Waals surface area (Å²) in [5, 5.41) is 6.39. The van der Waals surface area contributed by atoms with Crippen LogP contribution in [0.2, 0.25) is 0 Å². The molecule has 6 rings (SSSR count). The first-order valence-corrected chi connectivity index (χ1v) is 12.2. The lowest BCUT2D eigenvalue weighted by Gasteiger charge is -2.55. The van der Waals surface area contributed by atoms with Crippen molar-refractivity contribution < 1.29 is 14.3 Å². The summed E-state index contributed by atoms with van der Waals surface area (Å²) in [6, 6.07) is 8.13. The normalized spacial score (nSPS) is 34.7. The van der Waals surface area contributed by atoms with Gasteiger partial charge < -0.3 is 20.3 Å². The number of nitrogens with one attached hydrogen (secondary N) is 2. The molecule has 3 saturated carbocycles. The summed E-state index contributed by atoms with van der Waals surface area (Å²) in [4.78, 5) is 28.2. The Kier molecular flexibility index (Phi) is 5.67. The minimum atomic E-state index is -0.643. The zero-order valence-corrected chi connectivity index (χ0v) is 18.6. The van der Waals surface area contributed by atoms with E-state index in [0.717, 1.165) is 45.2 Å². The Morgan fingerprint density at radius 3 is 2.94 bits per heavy atom. The van der Waals surface area contributed by atoms with Gasteiger partial charge in [0.1, 0.15) is 5.75 Å². The van der Waals surface area contributed by atoms with Crippen molar-refractivity contribution in [3.05, 3.63) is 29.8 Å². The Labute approximate surface area is 185 Å². The van der Waals surface area contributed by atoms with Crippen molar-refractivity contribution >= 4 is 11.8 Å². The second kappa shape index (κ2) is 8.45. The lowest BCUT2D eigenvalue weighted by molar-refractivity contribution is -0.146. The molecule has 6 heteroatoms. The summed E-state index contributed by atoms with van der Waals surface area (Å²) >= 11 is 0. The highest BCUT2D eigenvalue weighted by Gasteiger charge is 2.57. The molecule has 4 fully saturated rings. The van der Waals surface area contributed by atoms with Crippen LogP contribution in [0.15, 0.2) is 24.3 Å². The molecule has 1 saturated heterocycles. The van der Waals surface area contributed by atoms with Crippen molar-refractivity contribution in [3.8, 4) is 5.75 Å². The van der Waals surface area contributed by atoms with Gasteiger partial charge in [0.15, 0.2) is 5.72 Å². The molecule has 5 aliphatic rings. The fraction of sp³-hybridized carbons (Fsp3) is 0.680. The van der Waals surface area contributed by atoms with Crippen LogP contribution >= 0.6 is 0 Å². The molecule has 168 valence electrons. The van der Waals surface area contributed by atoms with E-state index >= 15 is 0 Å². The van der Waals surface area contributed by atoms with E-state index in [1.165, 1.54) is 25.8 Å². The molecular formula is C25H35N3O3. The van der Waals surface area contributed by atoms with Crippen LogP contribution in [-0.2, 0) is 4.79 Å². The number of carbonyl (C=O) groups excluding carboxylic acids is 2. The third-order valence-electron chi connectivity index (χ3n) is 8.17. The van der Waals surface area contributed by atoms with Crippen molar-refractivity contribution in [2.24, 2.45) is 17.8 Å². The first kappa shape index (κ1) is 20.8. The molecule has 2 amide bonds. The second-order valence-corrected chi connectivity index (χ2v) is 10.0. The number of likely N-dealkylation sites (tertiary alicyclic amines) is 1. The Balaban J connectivity index is 1.16. The highest BCUT2D eigenvalue weighted by molar-refractivity contribution is 5.98. The monoisotopic (exact) mass is 425 g/mol. The highest BCUT2D eigenvalue weighted by atomic mass is 16.5. The van der Waals surface area contributed by atoms with Crippen molar-refractivity contribution in [2.45, 2.75) is 70.1 Å². The van der Waals surface area contributed by atoms with Gasteiger partial charge in [-0.05, 0) is 70.0 Å². The average Bonchev–Trinajstić information content (AvgIpc) is 2.78. The number of hydrogen-bond donors (Lipinski definition) is 2. The molecule has 6 nitrogen and oxygen atoms in total. The van der Waals surface area contributed by atoms with Gasteiger partial charge in [0, 0.05) is 37.4 Å². The van der Waals surface area contributed by atoms with Crippen molar-refractivity contribution in [2.75, 3.05) is 19.6 Å². The predicted molar refractivity (Wildman–Crippen MR) is 119 cm³/mol. The summed E-state index contributed by atoms with van der Waals surface area (Å²) in [6.07, 6.45) is 8.51. The SMILES string of the molecule is C[C@H]1CCCCN1CCCNC(=O)[C@@H]1C[C@@H]2CC[C@@H]1C[C@@]21NC(=O)c2ccccc2O1. The summed E-state index contributed by atoms with van der Waals surface area (Å²) < 4.78 is 6.40. The van der Waals surface area contributed by atoms with E-state index in [4.69, 9.17) is 4.74 Å². The van der Waals surface area contributed by atoms with E-state index < -0.39 is 5.72 Å². The molecule has 0 radical (unpaired) electrons. The number of hydrogen-bond acceptors (Lipinski definition) is 4. The molecule has 2 bridgehead atoms. The zero-order chi connectivity index (χ0) is 21.4. The minimum absolute atomic E-state index is 0.0379. The highest BCUT2D eigenvalue weighted by Crippen LogP contribution is 2.52. The van der Waals surface area contributed by atoms with Crippen LogP contribution in [0.3, 0.4) is 0 Å². The molecule has 3 aliphatic carbocycles. The summed E-state index contributed by atoms with van der Waals surface area (Å²) in [7, 11) is 0. The Bertz CT molecular complexity index is 843. The van der Waals surface area contributed by atoms with Crippen LogP contribution in [0.4, 0.5) is 0 Å². The van der Waals surface area contributed by atoms with E-state index in [2.05, 4.69) is 22.5 Å². The lowest BCUT2D eigenvalue weighted by atomic mass is 9.60. The zero-order valence-electron chi connectivity index (χ0n) is 18.6. The van der Waals surface area contributed by atoms with Crippen LogP contribution in [0.25, 0.3) is 0 Å².